The predicted octanol–water partition coefficient (Wildman–Crippen LogP) is 5.76. The van der Waals surface area contributed by atoms with E-state index >= 15 is 0 Å². The van der Waals surface area contributed by atoms with Gasteiger partial charge >= 0.3 is 6.18 Å². The molecular weight excluding hydrogens is 487 g/mol. The highest BCUT2D eigenvalue weighted by molar-refractivity contribution is 7.81. The first-order valence-corrected chi connectivity index (χ1v) is 12.1. The third-order valence-electron chi connectivity index (χ3n) is 6.70. The van der Waals surface area contributed by atoms with Crippen LogP contribution in [0.2, 0.25) is 0 Å². The summed E-state index contributed by atoms with van der Waals surface area (Å²) in [5.41, 5.74) is -1.52. The van der Waals surface area contributed by atoms with Crippen LogP contribution in [0.4, 0.5) is 18.9 Å². The van der Waals surface area contributed by atoms with Crippen molar-refractivity contribution in [2.45, 2.75) is 50.4 Å². The van der Waals surface area contributed by atoms with Gasteiger partial charge in [-0.1, -0.05) is 12.1 Å². The Morgan fingerprint density at radius 1 is 1.19 bits per heavy atom. The summed E-state index contributed by atoms with van der Waals surface area (Å²) in [4.78, 5) is 5.55. The second-order valence-electron chi connectivity index (χ2n) is 9.57. The molecule has 0 aliphatic carbocycles. The molecule has 2 unspecified atom stereocenters. The van der Waals surface area contributed by atoms with Crippen LogP contribution in [-0.4, -0.2) is 53.9 Å². The maximum absolute atomic E-state index is 13.5. The molecule has 0 spiro atoms. The van der Waals surface area contributed by atoms with Gasteiger partial charge in [-0.3, -0.25) is 10.3 Å². The molecule has 0 aromatic heterocycles. The number of nitriles is 1. The molecule has 1 aliphatic rings. The standard InChI is InChI=1S/C26H32F3N5OS/c1-17(32(4)5)18-8-11-21(12-9-18)35-14-6-13-33-24(36)34(23(31)25(33,2)3)20-10-7-19(16-30)22(15-20)26(27,28)29/h7-12,15,17,24,31,36H,6,13-14H2,1-5H3. The summed E-state index contributed by atoms with van der Waals surface area (Å²) in [7, 11) is 4.06. The van der Waals surface area contributed by atoms with Gasteiger partial charge in [0, 0.05) is 18.3 Å². The first kappa shape index (κ1) is 27.8. The van der Waals surface area contributed by atoms with Gasteiger partial charge in [0.25, 0.3) is 0 Å². The number of ether oxygens (including phenoxy) is 1. The smallest absolute Gasteiger partial charge is 0.417 e. The molecule has 0 bridgehead atoms. The van der Waals surface area contributed by atoms with Crippen LogP contribution in [0.3, 0.4) is 0 Å². The van der Waals surface area contributed by atoms with Crippen molar-refractivity contribution in [3.05, 3.63) is 59.2 Å². The normalized spacial score (nSPS) is 19.0. The average molecular weight is 520 g/mol. The number of alkyl halides is 3. The first-order chi connectivity index (χ1) is 16.8. The van der Waals surface area contributed by atoms with E-state index in [9.17, 15) is 13.2 Å². The molecule has 1 fully saturated rings. The number of anilines is 1. The first-order valence-electron chi connectivity index (χ1n) is 11.6. The van der Waals surface area contributed by atoms with Crippen LogP contribution < -0.4 is 9.64 Å². The minimum absolute atomic E-state index is 0.131. The molecule has 2 aromatic carbocycles. The topological polar surface area (TPSA) is 66.6 Å². The van der Waals surface area contributed by atoms with Crippen molar-refractivity contribution in [3.8, 4) is 11.8 Å². The maximum atomic E-state index is 13.5. The van der Waals surface area contributed by atoms with Crippen LogP contribution in [0, 0.1) is 16.7 Å². The molecule has 2 aromatic rings. The predicted molar refractivity (Wildman–Crippen MR) is 139 cm³/mol. The SMILES string of the molecule is CC(c1ccc(OCCCN2C(S)N(c3ccc(C#N)c(C(F)(F)F)c3)C(=N)C2(C)C)cc1)N(C)C. The Labute approximate surface area is 216 Å². The van der Waals surface area contributed by atoms with Gasteiger partial charge in [-0.15, -0.1) is 12.6 Å². The van der Waals surface area contributed by atoms with Gasteiger partial charge in [0.15, 0.2) is 0 Å². The lowest BCUT2D eigenvalue weighted by atomic mass is 10.0. The molecule has 1 N–H and O–H groups in total. The Hall–Kier alpha value is -2.74. The van der Waals surface area contributed by atoms with Gasteiger partial charge < -0.3 is 14.5 Å². The molecule has 0 saturated carbocycles. The summed E-state index contributed by atoms with van der Waals surface area (Å²) < 4.78 is 46.4. The molecule has 6 nitrogen and oxygen atoms in total. The van der Waals surface area contributed by atoms with E-state index in [0.717, 1.165) is 17.9 Å². The molecule has 0 radical (unpaired) electrons. The van der Waals surface area contributed by atoms with E-state index in [4.69, 9.17) is 15.4 Å². The molecule has 1 heterocycles. The maximum Gasteiger partial charge on any atom is 0.417 e. The van der Waals surface area contributed by atoms with Gasteiger partial charge in [0.2, 0.25) is 0 Å². The molecule has 3 rings (SSSR count). The summed E-state index contributed by atoms with van der Waals surface area (Å²) in [6, 6.07) is 13.3. The summed E-state index contributed by atoms with van der Waals surface area (Å²) >= 11 is 4.66. The molecule has 10 heteroatoms. The summed E-state index contributed by atoms with van der Waals surface area (Å²) in [5, 5.41) is 17.8. The van der Waals surface area contributed by atoms with Crippen molar-refractivity contribution >= 4 is 24.2 Å². The fraction of sp³-hybridized carbons (Fsp3) is 0.462. The minimum atomic E-state index is -4.68. The third kappa shape index (κ3) is 5.64. The van der Waals surface area contributed by atoms with Gasteiger partial charge in [-0.2, -0.15) is 18.4 Å². The highest BCUT2D eigenvalue weighted by atomic mass is 32.1. The fourth-order valence-electron chi connectivity index (χ4n) is 4.21. The summed E-state index contributed by atoms with van der Waals surface area (Å²) in [5.74, 6) is 0.895. The van der Waals surface area contributed by atoms with E-state index in [1.165, 1.54) is 16.5 Å². The molecule has 36 heavy (non-hydrogen) atoms. The second kappa shape index (κ2) is 10.7. The number of thiol groups is 1. The number of hydrogen-bond donors (Lipinski definition) is 2. The monoisotopic (exact) mass is 519 g/mol. The van der Waals surface area contributed by atoms with Crippen LogP contribution in [0.1, 0.15) is 49.9 Å². The van der Waals surface area contributed by atoms with Gasteiger partial charge in [-0.25, -0.2) is 0 Å². The molecule has 2 atom stereocenters. The van der Waals surface area contributed by atoms with E-state index in [1.54, 1.807) is 6.07 Å². The Morgan fingerprint density at radius 3 is 2.39 bits per heavy atom. The summed E-state index contributed by atoms with van der Waals surface area (Å²) in [6.07, 6.45) is -4.04. The van der Waals surface area contributed by atoms with E-state index in [-0.39, 0.29) is 11.5 Å². The number of halogens is 3. The van der Waals surface area contributed by atoms with Crippen LogP contribution in [0.5, 0.6) is 5.75 Å². The molecule has 1 saturated heterocycles. The second-order valence-corrected chi connectivity index (χ2v) is 10.0. The van der Waals surface area contributed by atoms with E-state index in [2.05, 4.69) is 24.5 Å². The number of nitrogens with one attached hydrogen (secondary N) is 1. The van der Waals surface area contributed by atoms with Gasteiger partial charge in [-0.05, 0) is 77.2 Å². The Morgan fingerprint density at radius 2 is 1.83 bits per heavy atom. The third-order valence-corrected chi connectivity index (χ3v) is 7.21. The average Bonchev–Trinajstić information content (AvgIpc) is 2.99. The zero-order chi connectivity index (χ0) is 26.8. The van der Waals surface area contributed by atoms with Crippen molar-refractivity contribution in [2.24, 2.45) is 0 Å². The minimum Gasteiger partial charge on any atom is -0.494 e. The van der Waals surface area contributed by atoms with Gasteiger partial charge in [0.05, 0.1) is 29.3 Å². The highest BCUT2D eigenvalue weighted by Gasteiger charge is 2.48. The van der Waals surface area contributed by atoms with Crippen LogP contribution >= 0.6 is 12.6 Å². The highest BCUT2D eigenvalue weighted by Crippen LogP contribution is 2.40. The fourth-order valence-corrected chi connectivity index (χ4v) is 4.86. The van der Waals surface area contributed by atoms with Crippen molar-refractivity contribution in [3.63, 3.8) is 0 Å². The number of amidine groups is 1. The zero-order valence-corrected chi connectivity index (χ0v) is 22.0. The Kier molecular flexibility index (Phi) is 8.28. The summed E-state index contributed by atoms with van der Waals surface area (Å²) in [6.45, 7) is 6.79. The number of nitrogens with zero attached hydrogens (tertiary/aromatic N) is 4. The van der Waals surface area contributed by atoms with E-state index in [0.29, 0.717) is 25.6 Å². The lowest BCUT2D eigenvalue weighted by Crippen LogP contribution is -2.45. The molecular formula is C26H32F3N5OS. The number of rotatable bonds is 8. The van der Waals surface area contributed by atoms with Crippen molar-refractivity contribution in [2.75, 3.05) is 32.1 Å². The molecule has 1 aliphatic heterocycles. The van der Waals surface area contributed by atoms with E-state index < -0.39 is 28.3 Å². The number of hydrogen-bond acceptors (Lipinski definition) is 6. The van der Waals surface area contributed by atoms with Crippen molar-refractivity contribution in [1.29, 1.82) is 10.7 Å². The van der Waals surface area contributed by atoms with Crippen LogP contribution in [0.25, 0.3) is 0 Å². The van der Waals surface area contributed by atoms with Crippen molar-refractivity contribution < 1.29 is 17.9 Å². The van der Waals surface area contributed by atoms with Crippen LogP contribution in [-0.2, 0) is 6.18 Å². The lowest BCUT2D eigenvalue weighted by Gasteiger charge is -2.31. The zero-order valence-electron chi connectivity index (χ0n) is 21.1. The van der Waals surface area contributed by atoms with Gasteiger partial charge in [0.1, 0.15) is 17.1 Å². The molecule has 194 valence electrons. The van der Waals surface area contributed by atoms with Crippen LogP contribution in [0.15, 0.2) is 42.5 Å². The Balaban J connectivity index is 1.68. The van der Waals surface area contributed by atoms with Crippen molar-refractivity contribution in [1.82, 2.24) is 9.80 Å². The van der Waals surface area contributed by atoms with E-state index in [1.807, 2.05) is 57.1 Å². The largest absolute Gasteiger partial charge is 0.494 e. The lowest BCUT2D eigenvalue weighted by molar-refractivity contribution is -0.137. The molecule has 0 amide bonds. The quantitative estimate of drug-likeness (QED) is 0.343. The number of benzene rings is 2. The Bertz CT molecular complexity index is 1130.